The number of aliphatic hydroxyl groups excluding tert-OH is 1. The summed E-state index contributed by atoms with van der Waals surface area (Å²) in [6.45, 7) is 3.83. The van der Waals surface area contributed by atoms with E-state index >= 15 is 0 Å². The monoisotopic (exact) mass is 227 g/mol. The molecule has 0 amide bonds. The van der Waals surface area contributed by atoms with Crippen LogP contribution >= 0.6 is 0 Å². The molecule has 1 atom stereocenters. The maximum absolute atomic E-state index is 13.2. The van der Waals surface area contributed by atoms with Gasteiger partial charge in [-0.2, -0.15) is 0 Å². The van der Waals surface area contributed by atoms with Gasteiger partial charge in [0.25, 0.3) is 0 Å². The summed E-state index contributed by atoms with van der Waals surface area (Å²) < 4.78 is 18.3. The lowest BCUT2D eigenvalue weighted by Crippen LogP contribution is -2.30. The van der Waals surface area contributed by atoms with Gasteiger partial charge in [0.2, 0.25) is 0 Å². The first kappa shape index (κ1) is 12.9. The van der Waals surface area contributed by atoms with E-state index in [1.165, 1.54) is 19.2 Å². The van der Waals surface area contributed by atoms with Crippen LogP contribution in [0.5, 0.6) is 5.75 Å². The Morgan fingerprint density at radius 2 is 2.12 bits per heavy atom. The molecule has 0 aliphatic heterocycles. The predicted molar refractivity (Wildman–Crippen MR) is 61.1 cm³/mol. The molecule has 1 aromatic rings. The van der Waals surface area contributed by atoms with Gasteiger partial charge in [0.15, 0.2) is 0 Å². The lowest BCUT2D eigenvalue weighted by Gasteiger charge is -2.21. The molecule has 0 saturated carbocycles. The molecule has 0 heterocycles. The first-order valence-electron chi connectivity index (χ1n) is 5.28. The van der Waals surface area contributed by atoms with Crippen molar-refractivity contribution >= 4 is 0 Å². The quantitative estimate of drug-likeness (QED) is 0.806. The molecule has 90 valence electrons. The maximum Gasteiger partial charge on any atom is 0.123 e. The molecule has 3 nitrogen and oxygen atoms in total. The molecule has 0 saturated heterocycles. The first-order valence-corrected chi connectivity index (χ1v) is 5.28. The van der Waals surface area contributed by atoms with E-state index in [-0.39, 0.29) is 24.5 Å². The van der Waals surface area contributed by atoms with Crippen LogP contribution in [0, 0.1) is 5.82 Å². The highest BCUT2D eigenvalue weighted by Crippen LogP contribution is 2.26. The van der Waals surface area contributed by atoms with Gasteiger partial charge < -0.3 is 15.2 Å². The molecule has 4 heteroatoms. The Kier molecular flexibility index (Phi) is 4.71. The Balaban J connectivity index is 3.02. The zero-order valence-corrected chi connectivity index (χ0v) is 9.83. The summed E-state index contributed by atoms with van der Waals surface area (Å²) in [4.78, 5) is 0. The summed E-state index contributed by atoms with van der Waals surface area (Å²) in [7, 11) is 1.53. The SMILES string of the molecule is COc1ccc(F)cc1C(CO)NC(C)C. The van der Waals surface area contributed by atoms with Crippen LogP contribution in [0.25, 0.3) is 0 Å². The standard InChI is InChI=1S/C12H18FNO2/c1-8(2)14-11(7-15)10-6-9(13)4-5-12(10)16-3/h4-6,8,11,14-15H,7H2,1-3H3. The van der Waals surface area contributed by atoms with E-state index in [0.29, 0.717) is 11.3 Å². The summed E-state index contributed by atoms with van der Waals surface area (Å²) in [6, 6.07) is 4.17. The van der Waals surface area contributed by atoms with Crippen molar-refractivity contribution in [2.75, 3.05) is 13.7 Å². The topological polar surface area (TPSA) is 41.5 Å². The number of hydrogen-bond acceptors (Lipinski definition) is 3. The first-order chi connectivity index (χ1) is 7.58. The lowest BCUT2D eigenvalue weighted by atomic mass is 10.1. The van der Waals surface area contributed by atoms with Gasteiger partial charge in [0.1, 0.15) is 11.6 Å². The normalized spacial score (nSPS) is 12.9. The number of rotatable bonds is 5. The third kappa shape index (κ3) is 3.18. The van der Waals surface area contributed by atoms with E-state index < -0.39 is 0 Å². The minimum Gasteiger partial charge on any atom is -0.496 e. The summed E-state index contributed by atoms with van der Waals surface area (Å²) in [5.74, 6) is 0.244. The van der Waals surface area contributed by atoms with Crippen molar-refractivity contribution in [1.82, 2.24) is 5.32 Å². The molecule has 1 unspecified atom stereocenters. The van der Waals surface area contributed by atoms with Crippen LogP contribution in [0.4, 0.5) is 4.39 Å². The molecule has 0 spiro atoms. The second-order valence-corrected chi connectivity index (χ2v) is 3.94. The van der Waals surface area contributed by atoms with Gasteiger partial charge in [-0.15, -0.1) is 0 Å². The smallest absolute Gasteiger partial charge is 0.123 e. The number of aliphatic hydroxyl groups is 1. The Morgan fingerprint density at radius 3 is 2.62 bits per heavy atom. The molecule has 16 heavy (non-hydrogen) atoms. The van der Waals surface area contributed by atoms with Gasteiger partial charge >= 0.3 is 0 Å². The molecule has 0 fully saturated rings. The Morgan fingerprint density at radius 1 is 1.44 bits per heavy atom. The highest BCUT2D eigenvalue weighted by molar-refractivity contribution is 5.36. The zero-order chi connectivity index (χ0) is 12.1. The van der Waals surface area contributed by atoms with Crippen molar-refractivity contribution in [3.63, 3.8) is 0 Å². The van der Waals surface area contributed by atoms with E-state index in [1.54, 1.807) is 6.07 Å². The highest BCUT2D eigenvalue weighted by atomic mass is 19.1. The molecular formula is C12H18FNO2. The molecule has 2 N–H and O–H groups in total. The number of methoxy groups -OCH3 is 1. The fraction of sp³-hybridized carbons (Fsp3) is 0.500. The minimum atomic E-state index is -0.334. The van der Waals surface area contributed by atoms with Crippen LogP contribution in [0.3, 0.4) is 0 Å². The fourth-order valence-corrected chi connectivity index (χ4v) is 1.62. The third-order valence-electron chi connectivity index (χ3n) is 2.28. The molecular weight excluding hydrogens is 209 g/mol. The van der Waals surface area contributed by atoms with Gasteiger partial charge in [0.05, 0.1) is 19.8 Å². The van der Waals surface area contributed by atoms with Crippen LogP contribution < -0.4 is 10.1 Å². The molecule has 0 aromatic heterocycles. The lowest BCUT2D eigenvalue weighted by molar-refractivity contribution is 0.233. The molecule has 0 aliphatic carbocycles. The number of ether oxygens (including phenoxy) is 1. The maximum atomic E-state index is 13.2. The Labute approximate surface area is 95.2 Å². The average Bonchev–Trinajstić information content (AvgIpc) is 2.25. The van der Waals surface area contributed by atoms with Crippen molar-refractivity contribution < 1.29 is 14.2 Å². The summed E-state index contributed by atoms with van der Waals surface area (Å²) in [5, 5.41) is 12.4. The highest BCUT2D eigenvalue weighted by Gasteiger charge is 2.16. The van der Waals surface area contributed by atoms with Crippen molar-refractivity contribution in [2.24, 2.45) is 0 Å². The number of nitrogens with one attached hydrogen (secondary N) is 1. The number of halogens is 1. The molecule has 1 aromatic carbocycles. The van der Waals surface area contributed by atoms with Crippen LogP contribution in [0.1, 0.15) is 25.5 Å². The summed E-state index contributed by atoms with van der Waals surface area (Å²) in [6.07, 6.45) is 0. The molecule has 0 radical (unpaired) electrons. The van der Waals surface area contributed by atoms with Crippen molar-refractivity contribution in [3.05, 3.63) is 29.6 Å². The van der Waals surface area contributed by atoms with Gasteiger partial charge in [-0.3, -0.25) is 0 Å². The van der Waals surface area contributed by atoms with Crippen LogP contribution in [0.15, 0.2) is 18.2 Å². The minimum absolute atomic E-state index is 0.0992. The number of hydrogen-bond donors (Lipinski definition) is 2. The van der Waals surface area contributed by atoms with Gasteiger partial charge in [-0.1, -0.05) is 13.8 Å². The number of benzene rings is 1. The van der Waals surface area contributed by atoms with Crippen molar-refractivity contribution in [2.45, 2.75) is 25.9 Å². The third-order valence-corrected chi connectivity index (χ3v) is 2.28. The van der Waals surface area contributed by atoms with E-state index in [1.807, 2.05) is 13.8 Å². The van der Waals surface area contributed by atoms with Gasteiger partial charge in [0, 0.05) is 11.6 Å². The van der Waals surface area contributed by atoms with Gasteiger partial charge in [-0.05, 0) is 18.2 Å². The Bertz CT molecular complexity index is 342. The van der Waals surface area contributed by atoms with E-state index in [4.69, 9.17) is 4.74 Å². The second-order valence-electron chi connectivity index (χ2n) is 3.94. The van der Waals surface area contributed by atoms with E-state index in [0.717, 1.165) is 0 Å². The van der Waals surface area contributed by atoms with E-state index in [9.17, 15) is 9.50 Å². The van der Waals surface area contributed by atoms with Gasteiger partial charge in [-0.25, -0.2) is 4.39 Å². The largest absolute Gasteiger partial charge is 0.496 e. The average molecular weight is 227 g/mol. The molecule has 1 rings (SSSR count). The fourth-order valence-electron chi connectivity index (χ4n) is 1.62. The van der Waals surface area contributed by atoms with Crippen LogP contribution in [-0.4, -0.2) is 24.9 Å². The molecule has 0 aliphatic rings. The van der Waals surface area contributed by atoms with Crippen LogP contribution in [0.2, 0.25) is 0 Å². The molecule has 0 bridgehead atoms. The Hall–Kier alpha value is -1.13. The second kappa shape index (κ2) is 5.82. The predicted octanol–water partition coefficient (Wildman–Crippen LogP) is 1.87. The summed E-state index contributed by atoms with van der Waals surface area (Å²) in [5.41, 5.74) is 0.638. The van der Waals surface area contributed by atoms with Crippen molar-refractivity contribution in [3.8, 4) is 5.75 Å². The van der Waals surface area contributed by atoms with Crippen molar-refractivity contribution in [1.29, 1.82) is 0 Å². The zero-order valence-electron chi connectivity index (χ0n) is 9.83. The summed E-state index contributed by atoms with van der Waals surface area (Å²) >= 11 is 0. The van der Waals surface area contributed by atoms with Crippen LogP contribution in [-0.2, 0) is 0 Å². The van der Waals surface area contributed by atoms with E-state index in [2.05, 4.69) is 5.32 Å².